The fourth-order valence-electron chi connectivity index (χ4n) is 1.57. The van der Waals surface area contributed by atoms with E-state index in [4.69, 9.17) is 11.0 Å². The summed E-state index contributed by atoms with van der Waals surface area (Å²) >= 11 is 0. The van der Waals surface area contributed by atoms with Gasteiger partial charge in [-0.3, -0.25) is 4.79 Å². The van der Waals surface area contributed by atoms with Crippen molar-refractivity contribution in [3.63, 3.8) is 0 Å². The third kappa shape index (κ3) is 6.41. The lowest BCUT2D eigenvalue weighted by molar-refractivity contribution is -0.133. The number of hydrogen-bond acceptors (Lipinski definition) is 3. The molecule has 0 radical (unpaired) electrons. The molecule has 0 spiro atoms. The predicted octanol–water partition coefficient (Wildman–Crippen LogP) is 1.51. The van der Waals surface area contributed by atoms with Crippen molar-refractivity contribution >= 4 is 5.91 Å². The van der Waals surface area contributed by atoms with E-state index in [1.54, 1.807) is 11.9 Å². The van der Waals surface area contributed by atoms with E-state index in [0.717, 1.165) is 19.3 Å². The molecule has 0 heterocycles. The first-order valence-corrected chi connectivity index (χ1v) is 5.86. The van der Waals surface area contributed by atoms with Crippen LogP contribution in [0.5, 0.6) is 0 Å². The Hall–Kier alpha value is -1.08. The van der Waals surface area contributed by atoms with Crippen LogP contribution >= 0.6 is 0 Å². The molecule has 0 aliphatic heterocycles. The Morgan fingerprint density at radius 1 is 1.44 bits per heavy atom. The van der Waals surface area contributed by atoms with Crippen LogP contribution in [0.1, 0.15) is 39.5 Å². The molecule has 0 bridgehead atoms. The Morgan fingerprint density at radius 2 is 2.06 bits per heavy atom. The topological polar surface area (TPSA) is 70.1 Å². The summed E-state index contributed by atoms with van der Waals surface area (Å²) in [6, 6.07) is 2.25. The fraction of sp³-hybridized carbons (Fsp3) is 0.833. The van der Waals surface area contributed by atoms with E-state index < -0.39 is 0 Å². The van der Waals surface area contributed by atoms with Crippen LogP contribution in [0.15, 0.2) is 0 Å². The van der Waals surface area contributed by atoms with Gasteiger partial charge in [0.05, 0.1) is 12.5 Å². The lowest BCUT2D eigenvalue weighted by Crippen LogP contribution is -2.32. The van der Waals surface area contributed by atoms with Crippen molar-refractivity contribution in [3.05, 3.63) is 0 Å². The highest BCUT2D eigenvalue weighted by molar-refractivity contribution is 5.78. The van der Waals surface area contributed by atoms with Crippen molar-refractivity contribution in [2.45, 2.75) is 45.6 Å². The maximum Gasteiger partial charge on any atom is 0.225 e. The molecule has 2 unspecified atom stereocenters. The normalized spacial score (nSPS) is 13.9. The van der Waals surface area contributed by atoms with E-state index in [-0.39, 0.29) is 17.9 Å². The maximum absolute atomic E-state index is 11.8. The number of carbonyl (C=O) groups excluding carboxylic acids is 1. The molecule has 0 aromatic carbocycles. The molecule has 4 nitrogen and oxygen atoms in total. The highest BCUT2D eigenvalue weighted by Crippen LogP contribution is 2.11. The van der Waals surface area contributed by atoms with Crippen LogP contribution in [0.3, 0.4) is 0 Å². The number of carbonyl (C=O) groups is 1. The van der Waals surface area contributed by atoms with Crippen LogP contribution < -0.4 is 5.73 Å². The largest absolute Gasteiger partial charge is 0.344 e. The molecule has 2 N–H and O–H groups in total. The summed E-state index contributed by atoms with van der Waals surface area (Å²) < 4.78 is 0. The minimum atomic E-state index is 0.0300. The Bertz CT molecular complexity index is 245. The monoisotopic (exact) mass is 225 g/mol. The molecule has 0 fully saturated rings. The van der Waals surface area contributed by atoms with Gasteiger partial charge in [0.25, 0.3) is 0 Å². The number of rotatable bonds is 7. The number of hydrogen-bond donors (Lipinski definition) is 1. The van der Waals surface area contributed by atoms with E-state index in [9.17, 15) is 4.79 Å². The van der Waals surface area contributed by atoms with Crippen molar-refractivity contribution in [2.24, 2.45) is 11.7 Å². The van der Waals surface area contributed by atoms with E-state index >= 15 is 0 Å². The third-order valence-electron chi connectivity index (χ3n) is 2.65. The summed E-state index contributed by atoms with van der Waals surface area (Å²) in [5.41, 5.74) is 5.65. The van der Waals surface area contributed by atoms with E-state index in [1.165, 1.54) is 0 Å². The average molecular weight is 225 g/mol. The first-order chi connectivity index (χ1) is 7.49. The summed E-state index contributed by atoms with van der Waals surface area (Å²) in [6.07, 6.45) is 3.21. The lowest BCUT2D eigenvalue weighted by atomic mass is 10.0. The van der Waals surface area contributed by atoms with Gasteiger partial charge in [-0.2, -0.15) is 5.26 Å². The summed E-state index contributed by atoms with van der Waals surface area (Å²) in [6.45, 7) is 4.44. The van der Waals surface area contributed by atoms with Crippen LogP contribution in [0.25, 0.3) is 0 Å². The predicted molar refractivity (Wildman–Crippen MR) is 64.5 cm³/mol. The van der Waals surface area contributed by atoms with Gasteiger partial charge < -0.3 is 10.6 Å². The Kier molecular flexibility index (Phi) is 7.57. The van der Waals surface area contributed by atoms with Crippen LogP contribution in [0.2, 0.25) is 0 Å². The quantitative estimate of drug-likeness (QED) is 0.714. The second kappa shape index (κ2) is 8.12. The van der Waals surface area contributed by atoms with Gasteiger partial charge in [0, 0.05) is 25.6 Å². The Morgan fingerprint density at radius 3 is 2.56 bits per heavy atom. The van der Waals surface area contributed by atoms with Crippen LogP contribution in [0, 0.1) is 17.2 Å². The smallest absolute Gasteiger partial charge is 0.225 e. The van der Waals surface area contributed by atoms with Crippen molar-refractivity contribution in [2.75, 3.05) is 13.6 Å². The van der Waals surface area contributed by atoms with Gasteiger partial charge >= 0.3 is 0 Å². The molecular formula is C12H23N3O. The minimum Gasteiger partial charge on any atom is -0.344 e. The molecule has 0 aliphatic rings. The van der Waals surface area contributed by atoms with Gasteiger partial charge in [0.15, 0.2) is 0 Å². The Labute approximate surface area is 98.4 Å². The van der Waals surface area contributed by atoms with Gasteiger partial charge in [-0.25, -0.2) is 0 Å². The molecule has 0 aromatic heterocycles. The van der Waals surface area contributed by atoms with Crippen molar-refractivity contribution in [1.29, 1.82) is 5.26 Å². The second-order valence-electron chi connectivity index (χ2n) is 4.48. The van der Waals surface area contributed by atoms with Gasteiger partial charge in [-0.15, -0.1) is 0 Å². The number of nitrogens with two attached hydrogens (primary N) is 1. The second-order valence-corrected chi connectivity index (χ2v) is 4.48. The molecule has 0 aliphatic carbocycles. The van der Waals surface area contributed by atoms with Gasteiger partial charge in [0.1, 0.15) is 0 Å². The summed E-state index contributed by atoms with van der Waals surface area (Å²) in [4.78, 5) is 13.4. The zero-order valence-corrected chi connectivity index (χ0v) is 10.6. The van der Waals surface area contributed by atoms with Gasteiger partial charge in [0.2, 0.25) is 5.91 Å². The number of nitrogens with zero attached hydrogens (tertiary/aromatic N) is 2. The van der Waals surface area contributed by atoms with E-state index in [2.05, 4.69) is 0 Å². The molecule has 1 amide bonds. The number of nitriles is 1. The highest BCUT2D eigenvalue weighted by atomic mass is 16.2. The van der Waals surface area contributed by atoms with E-state index in [0.29, 0.717) is 13.0 Å². The summed E-state index contributed by atoms with van der Waals surface area (Å²) in [7, 11) is 1.75. The summed E-state index contributed by atoms with van der Waals surface area (Å²) in [5.74, 6) is 0.155. The standard InChI is InChI=1S/C12H23N3O/c1-10(6-4-7-11(2)14)12(16)15(3)9-5-8-13/h10-11H,4-7,9,14H2,1-3H3. The van der Waals surface area contributed by atoms with Crippen LogP contribution in [-0.2, 0) is 4.79 Å². The molecule has 0 saturated heterocycles. The average Bonchev–Trinajstić information content (AvgIpc) is 2.24. The van der Waals surface area contributed by atoms with Gasteiger partial charge in [-0.1, -0.05) is 13.3 Å². The highest BCUT2D eigenvalue weighted by Gasteiger charge is 2.16. The zero-order valence-electron chi connectivity index (χ0n) is 10.6. The van der Waals surface area contributed by atoms with E-state index in [1.807, 2.05) is 19.9 Å². The molecular weight excluding hydrogens is 202 g/mol. The molecule has 0 rings (SSSR count). The molecule has 16 heavy (non-hydrogen) atoms. The first kappa shape index (κ1) is 14.9. The SMILES string of the molecule is CC(N)CCCC(C)C(=O)N(C)CCC#N. The minimum absolute atomic E-state index is 0.0300. The molecule has 4 heteroatoms. The maximum atomic E-state index is 11.8. The Balaban J connectivity index is 3.84. The molecule has 92 valence electrons. The molecule has 2 atom stereocenters. The lowest BCUT2D eigenvalue weighted by Gasteiger charge is -2.20. The van der Waals surface area contributed by atoms with Crippen molar-refractivity contribution in [1.82, 2.24) is 4.90 Å². The van der Waals surface area contributed by atoms with Crippen molar-refractivity contribution in [3.8, 4) is 6.07 Å². The summed E-state index contributed by atoms with van der Waals surface area (Å²) in [5, 5.41) is 8.44. The molecule has 0 saturated carbocycles. The van der Waals surface area contributed by atoms with Crippen molar-refractivity contribution < 1.29 is 4.79 Å². The van der Waals surface area contributed by atoms with Crippen LogP contribution in [0.4, 0.5) is 0 Å². The van der Waals surface area contributed by atoms with Gasteiger partial charge in [-0.05, 0) is 19.8 Å². The zero-order chi connectivity index (χ0) is 12.6. The molecule has 0 aromatic rings. The van der Waals surface area contributed by atoms with Crippen LogP contribution in [-0.4, -0.2) is 30.4 Å². The third-order valence-corrected chi connectivity index (χ3v) is 2.65. The number of amides is 1. The fourth-order valence-corrected chi connectivity index (χ4v) is 1.57. The first-order valence-electron chi connectivity index (χ1n) is 5.86.